The van der Waals surface area contributed by atoms with Crippen molar-refractivity contribution in [3.8, 4) is 0 Å². The minimum atomic E-state index is -0.590. The molecule has 1 N–H and O–H groups in total. The highest BCUT2D eigenvalue weighted by Gasteiger charge is 2.42. The molecule has 2 fully saturated rings. The second-order valence-electron chi connectivity index (χ2n) is 5.53. The molecule has 0 bridgehead atoms. The number of amides is 2. The number of hydrogen-bond donors (Lipinski definition) is 1. The number of nitrogens with zero attached hydrogens (tertiary/aromatic N) is 1. The highest BCUT2D eigenvalue weighted by Crippen LogP contribution is 2.29. The molecule has 1 saturated carbocycles. The number of alkyl halides is 1. The molecular weight excluding hydrogens is 247 g/mol. The van der Waals surface area contributed by atoms with Gasteiger partial charge in [-0.3, -0.25) is 9.59 Å². The van der Waals surface area contributed by atoms with Crippen LogP contribution in [0.15, 0.2) is 0 Å². The maximum Gasteiger partial charge on any atom is 0.246 e. The second-order valence-corrected chi connectivity index (χ2v) is 5.53. The van der Waals surface area contributed by atoms with Gasteiger partial charge in [-0.1, -0.05) is 26.2 Å². The van der Waals surface area contributed by atoms with Crippen molar-refractivity contribution in [3.05, 3.63) is 0 Å². The summed E-state index contributed by atoms with van der Waals surface area (Å²) in [5.41, 5.74) is 0. The lowest BCUT2D eigenvalue weighted by Crippen LogP contribution is -2.65. The first-order chi connectivity index (χ1) is 9.19. The molecule has 5 heteroatoms. The molecule has 108 valence electrons. The van der Waals surface area contributed by atoms with Crippen molar-refractivity contribution in [3.63, 3.8) is 0 Å². The Morgan fingerprint density at radius 2 is 1.95 bits per heavy atom. The Kier molecular flexibility index (Phi) is 4.77. The number of carbonyl (C=O) groups excluding carboxylic acids is 2. The molecule has 0 radical (unpaired) electrons. The molecule has 2 amide bonds. The predicted molar refractivity (Wildman–Crippen MR) is 70.3 cm³/mol. The van der Waals surface area contributed by atoms with E-state index in [-0.39, 0.29) is 24.3 Å². The summed E-state index contributed by atoms with van der Waals surface area (Å²) in [6.45, 7) is 1.30. The van der Waals surface area contributed by atoms with Gasteiger partial charge in [-0.05, 0) is 25.2 Å². The summed E-state index contributed by atoms with van der Waals surface area (Å²) in [7, 11) is 0. The van der Waals surface area contributed by atoms with Crippen molar-refractivity contribution in [1.29, 1.82) is 0 Å². The van der Waals surface area contributed by atoms with Crippen LogP contribution >= 0.6 is 0 Å². The third kappa shape index (κ3) is 2.90. The number of piperazine rings is 1. The van der Waals surface area contributed by atoms with Crippen LogP contribution in [-0.2, 0) is 9.59 Å². The topological polar surface area (TPSA) is 49.4 Å². The van der Waals surface area contributed by atoms with Gasteiger partial charge in [-0.2, -0.15) is 0 Å². The Labute approximate surface area is 113 Å². The highest BCUT2D eigenvalue weighted by molar-refractivity contribution is 5.97. The summed E-state index contributed by atoms with van der Waals surface area (Å²) >= 11 is 0. The zero-order valence-electron chi connectivity index (χ0n) is 11.5. The lowest BCUT2D eigenvalue weighted by Gasteiger charge is -2.41. The van der Waals surface area contributed by atoms with Crippen LogP contribution in [0.5, 0.6) is 0 Å². The van der Waals surface area contributed by atoms with E-state index in [2.05, 4.69) is 5.32 Å². The Hall–Kier alpha value is -1.13. The average Bonchev–Trinajstić information content (AvgIpc) is 2.44. The van der Waals surface area contributed by atoms with Gasteiger partial charge in [-0.25, -0.2) is 4.39 Å². The number of rotatable bonds is 4. The van der Waals surface area contributed by atoms with Gasteiger partial charge in [0.15, 0.2) is 0 Å². The van der Waals surface area contributed by atoms with Crippen LogP contribution in [0.4, 0.5) is 4.39 Å². The van der Waals surface area contributed by atoms with Crippen LogP contribution in [0.2, 0.25) is 0 Å². The van der Waals surface area contributed by atoms with Crippen molar-refractivity contribution in [2.24, 2.45) is 5.92 Å². The molecule has 1 aliphatic carbocycles. The quantitative estimate of drug-likeness (QED) is 0.844. The van der Waals surface area contributed by atoms with Crippen molar-refractivity contribution >= 4 is 11.8 Å². The van der Waals surface area contributed by atoms with Gasteiger partial charge in [0, 0.05) is 6.54 Å². The first kappa shape index (κ1) is 14.3. The largest absolute Gasteiger partial charge is 0.342 e. The monoisotopic (exact) mass is 270 g/mol. The van der Waals surface area contributed by atoms with Crippen molar-refractivity contribution < 1.29 is 14.0 Å². The standard InChI is InChI=1S/C14H23FN2O2/c1-2-11-13(18)16-12(10-6-4-3-5-7-10)14(19)17(11)9-8-15/h10-12H,2-9H2,1H3,(H,16,18). The fourth-order valence-corrected chi connectivity index (χ4v) is 3.33. The third-order valence-corrected chi connectivity index (χ3v) is 4.36. The fourth-order valence-electron chi connectivity index (χ4n) is 3.33. The summed E-state index contributed by atoms with van der Waals surface area (Å²) in [4.78, 5) is 26.0. The maximum absolute atomic E-state index is 12.6. The lowest BCUT2D eigenvalue weighted by molar-refractivity contribution is -0.151. The molecule has 0 aromatic carbocycles. The van der Waals surface area contributed by atoms with E-state index in [1.807, 2.05) is 6.92 Å². The van der Waals surface area contributed by atoms with Gasteiger partial charge in [0.1, 0.15) is 18.8 Å². The molecule has 19 heavy (non-hydrogen) atoms. The van der Waals surface area contributed by atoms with Crippen molar-refractivity contribution in [2.75, 3.05) is 13.2 Å². The third-order valence-electron chi connectivity index (χ3n) is 4.36. The molecule has 0 aromatic heterocycles. The van der Waals surface area contributed by atoms with E-state index in [0.29, 0.717) is 6.42 Å². The SMILES string of the molecule is CCC1C(=O)NC(C2CCCCC2)C(=O)N1CCF. The Balaban J connectivity index is 2.12. The predicted octanol–water partition coefficient (Wildman–Crippen LogP) is 1.64. The molecule has 4 nitrogen and oxygen atoms in total. The van der Waals surface area contributed by atoms with E-state index in [9.17, 15) is 14.0 Å². The molecule has 2 rings (SSSR count). The molecule has 0 spiro atoms. The number of halogens is 1. The smallest absolute Gasteiger partial charge is 0.246 e. The van der Waals surface area contributed by atoms with E-state index in [0.717, 1.165) is 25.7 Å². The van der Waals surface area contributed by atoms with Gasteiger partial charge in [0.2, 0.25) is 11.8 Å². The van der Waals surface area contributed by atoms with Crippen LogP contribution in [-0.4, -0.2) is 42.0 Å². The van der Waals surface area contributed by atoms with E-state index >= 15 is 0 Å². The van der Waals surface area contributed by atoms with E-state index in [4.69, 9.17) is 0 Å². The van der Waals surface area contributed by atoms with Crippen LogP contribution in [0.25, 0.3) is 0 Å². The van der Waals surface area contributed by atoms with Crippen LogP contribution in [0.1, 0.15) is 45.4 Å². The Bertz CT molecular complexity index is 342. The molecular formula is C14H23FN2O2. The van der Waals surface area contributed by atoms with Gasteiger partial charge in [0.05, 0.1) is 0 Å². The fraction of sp³-hybridized carbons (Fsp3) is 0.857. The van der Waals surface area contributed by atoms with Gasteiger partial charge in [0.25, 0.3) is 0 Å². The molecule has 2 aliphatic rings. The number of nitrogens with one attached hydrogen (secondary N) is 1. The van der Waals surface area contributed by atoms with Crippen LogP contribution < -0.4 is 5.32 Å². The van der Waals surface area contributed by atoms with E-state index in [1.54, 1.807) is 0 Å². The molecule has 0 aromatic rings. The zero-order valence-corrected chi connectivity index (χ0v) is 11.5. The Morgan fingerprint density at radius 1 is 1.26 bits per heavy atom. The minimum Gasteiger partial charge on any atom is -0.342 e. The first-order valence-corrected chi connectivity index (χ1v) is 7.35. The first-order valence-electron chi connectivity index (χ1n) is 7.35. The summed E-state index contributed by atoms with van der Waals surface area (Å²) in [5, 5.41) is 2.87. The molecule has 1 saturated heterocycles. The minimum absolute atomic E-state index is 0.0357. The summed E-state index contributed by atoms with van der Waals surface area (Å²) in [5.74, 6) is 0.0206. The zero-order chi connectivity index (χ0) is 13.8. The van der Waals surface area contributed by atoms with Crippen molar-refractivity contribution in [2.45, 2.75) is 57.5 Å². The van der Waals surface area contributed by atoms with Gasteiger partial charge in [-0.15, -0.1) is 0 Å². The lowest BCUT2D eigenvalue weighted by atomic mass is 9.82. The molecule has 2 unspecified atom stereocenters. The average molecular weight is 270 g/mol. The van der Waals surface area contributed by atoms with Gasteiger partial charge < -0.3 is 10.2 Å². The molecule has 1 heterocycles. The van der Waals surface area contributed by atoms with E-state index < -0.39 is 18.8 Å². The van der Waals surface area contributed by atoms with Gasteiger partial charge >= 0.3 is 0 Å². The summed E-state index contributed by atoms with van der Waals surface area (Å²) < 4.78 is 12.6. The normalized spacial score (nSPS) is 29.5. The molecule has 1 aliphatic heterocycles. The molecule has 2 atom stereocenters. The van der Waals surface area contributed by atoms with E-state index in [1.165, 1.54) is 11.3 Å². The number of hydrogen-bond acceptors (Lipinski definition) is 2. The summed E-state index contributed by atoms with van der Waals surface area (Å²) in [6.07, 6.45) is 5.94. The van der Waals surface area contributed by atoms with Crippen LogP contribution in [0.3, 0.4) is 0 Å². The van der Waals surface area contributed by atoms with Crippen molar-refractivity contribution in [1.82, 2.24) is 10.2 Å². The maximum atomic E-state index is 12.6. The highest BCUT2D eigenvalue weighted by atomic mass is 19.1. The van der Waals surface area contributed by atoms with Crippen LogP contribution in [0, 0.1) is 5.92 Å². The summed E-state index contributed by atoms with van der Waals surface area (Å²) in [6, 6.07) is -0.926. The second kappa shape index (κ2) is 6.35. The number of carbonyl (C=O) groups is 2. The Morgan fingerprint density at radius 3 is 2.53 bits per heavy atom.